The predicted octanol–water partition coefficient (Wildman–Crippen LogP) is 3.24. The first-order chi connectivity index (χ1) is 9.79. The van der Waals surface area contributed by atoms with Gasteiger partial charge in [0, 0.05) is 31.4 Å². The largest absolute Gasteiger partial charge is 0.381 e. The highest BCUT2D eigenvalue weighted by Gasteiger charge is 2.30. The van der Waals surface area contributed by atoms with Crippen LogP contribution in [0, 0.1) is 0 Å². The molecule has 0 aromatic heterocycles. The second-order valence-corrected chi connectivity index (χ2v) is 6.18. The zero-order chi connectivity index (χ0) is 13.9. The molecule has 3 nitrogen and oxygen atoms in total. The molecule has 1 aromatic rings. The van der Waals surface area contributed by atoms with Crippen LogP contribution in [0.25, 0.3) is 0 Å². The van der Waals surface area contributed by atoms with Crippen molar-refractivity contribution in [2.24, 2.45) is 5.73 Å². The topological polar surface area (TPSA) is 38.5 Å². The molecule has 1 heterocycles. The van der Waals surface area contributed by atoms with Gasteiger partial charge in [-0.25, -0.2) is 0 Å². The second kappa shape index (κ2) is 6.15. The lowest BCUT2D eigenvalue weighted by Gasteiger charge is -2.39. The Labute approximate surface area is 122 Å². The highest BCUT2D eigenvalue weighted by Crippen LogP contribution is 2.36. The van der Waals surface area contributed by atoms with Gasteiger partial charge in [0.2, 0.25) is 0 Å². The Kier molecular flexibility index (Phi) is 4.27. The molecule has 0 bridgehead atoms. The maximum absolute atomic E-state index is 6.34. The lowest BCUT2D eigenvalue weighted by Crippen LogP contribution is -2.41. The Morgan fingerprint density at radius 3 is 2.85 bits per heavy atom. The molecule has 2 aliphatic rings. The number of para-hydroxylation sites is 1. The average Bonchev–Trinajstić information content (AvgIpc) is 2.67. The van der Waals surface area contributed by atoms with Crippen molar-refractivity contribution < 1.29 is 4.74 Å². The molecule has 3 unspecified atom stereocenters. The molecule has 1 aromatic carbocycles. The van der Waals surface area contributed by atoms with Gasteiger partial charge in [0.1, 0.15) is 0 Å². The Hall–Kier alpha value is -1.06. The third-order valence-corrected chi connectivity index (χ3v) is 4.93. The maximum atomic E-state index is 6.34. The average molecular weight is 274 g/mol. The molecule has 20 heavy (non-hydrogen) atoms. The van der Waals surface area contributed by atoms with E-state index in [0.29, 0.717) is 12.1 Å². The molecule has 110 valence electrons. The molecule has 3 atom stereocenters. The molecule has 2 N–H and O–H groups in total. The van der Waals surface area contributed by atoms with E-state index in [1.165, 1.54) is 36.9 Å². The summed E-state index contributed by atoms with van der Waals surface area (Å²) < 4.78 is 5.60. The number of nitrogens with two attached hydrogens (primary N) is 1. The third-order valence-electron chi connectivity index (χ3n) is 4.93. The summed E-state index contributed by atoms with van der Waals surface area (Å²) >= 11 is 0. The van der Waals surface area contributed by atoms with Gasteiger partial charge in [-0.2, -0.15) is 0 Å². The van der Waals surface area contributed by atoms with E-state index in [2.05, 4.69) is 29.2 Å². The lowest BCUT2D eigenvalue weighted by atomic mass is 9.91. The van der Waals surface area contributed by atoms with Crippen LogP contribution in [-0.2, 0) is 4.74 Å². The fourth-order valence-corrected chi connectivity index (χ4v) is 3.82. The van der Waals surface area contributed by atoms with Gasteiger partial charge in [0.15, 0.2) is 0 Å². The van der Waals surface area contributed by atoms with Crippen LogP contribution in [0.1, 0.15) is 50.1 Å². The van der Waals surface area contributed by atoms with Gasteiger partial charge in [-0.1, -0.05) is 18.2 Å². The van der Waals surface area contributed by atoms with Gasteiger partial charge in [0.05, 0.1) is 6.10 Å². The van der Waals surface area contributed by atoms with Crippen LogP contribution in [0.5, 0.6) is 0 Å². The number of hydrogen-bond donors (Lipinski definition) is 1. The van der Waals surface area contributed by atoms with E-state index < -0.39 is 0 Å². The van der Waals surface area contributed by atoms with Crippen molar-refractivity contribution in [1.82, 2.24) is 0 Å². The second-order valence-electron chi connectivity index (χ2n) is 6.18. The molecule has 0 spiro atoms. The summed E-state index contributed by atoms with van der Waals surface area (Å²) in [6.45, 7) is 1.13. The van der Waals surface area contributed by atoms with Gasteiger partial charge in [-0.3, -0.25) is 0 Å². The summed E-state index contributed by atoms with van der Waals surface area (Å²) in [6, 6.07) is 9.51. The van der Waals surface area contributed by atoms with Gasteiger partial charge in [-0.05, 0) is 50.2 Å². The van der Waals surface area contributed by atoms with Gasteiger partial charge in [-0.15, -0.1) is 0 Å². The molecule has 3 rings (SSSR count). The Morgan fingerprint density at radius 2 is 2.00 bits per heavy atom. The van der Waals surface area contributed by atoms with Crippen molar-refractivity contribution in [1.29, 1.82) is 0 Å². The molecule has 1 saturated carbocycles. The number of rotatable bonds is 2. The number of fused-ring (bicyclic) bond motifs is 1. The summed E-state index contributed by atoms with van der Waals surface area (Å²) in [5, 5.41) is 0. The summed E-state index contributed by atoms with van der Waals surface area (Å²) in [7, 11) is 1.85. The Morgan fingerprint density at radius 1 is 1.15 bits per heavy atom. The lowest BCUT2D eigenvalue weighted by molar-refractivity contribution is 0.0631. The summed E-state index contributed by atoms with van der Waals surface area (Å²) in [4.78, 5) is 2.60. The third kappa shape index (κ3) is 2.70. The van der Waals surface area contributed by atoms with Crippen molar-refractivity contribution in [3.05, 3.63) is 29.8 Å². The fraction of sp³-hybridized carbons (Fsp3) is 0.647. The summed E-state index contributed by atoms with van der Waals surface area (Å²) in [5.74, 6) is 0. The van der Waals surface area contributed by atoms with Crippen LogP contribution in [0.3, 0.4) is 0 Å². The molecule has 1 aliphatic carbocycles. The number of benzene rings is 1. The molecule has 1 aliphatic heterocycles. The van der Waals surface area contributed by atoms with Crippen molar-refractivity contribution in [3.8, 4) is 0 Å². The van der Waals surface area contributed by atoms with Gasteiger partial charge in [0.25, 0.3) is 0 Å². The number of hydrogen-bond acceptors (Lipinski definition) is 3. The minimum Gasteiger partial charge on any atom is -0.381 e. The smallest absolute Gasteiger partial charge is 0.0591 e. The Bertz CT molecular complexity index is 448. The highest BCUT2D eigenvalue weighted by atomic mass is 16.5. The van der Waals surface area contributed by atoms with Crippen molar-refractivity contribution in [2.75, 3.05) is 18.6 Å². The summed E-state index contributed by atoms with van der Waals surface area (Å²) in [5.41, 5.74) is 9.02. The van der Waals surface area contributed by atoms with E-state index in [-0.39, 0.29) is 6.04 Å². The van der Waals surface area contributed by atoms with E-state index in [1.54, 1.807) is 0 Å². The zero-order valence-corrected chi connectivity index (χ0v) is 12.4. The molecular formula is C17H26N2O. The normalized spacial score (nSPS) is 30.7. The van der Waals surface area contributed by atoms with E-state index >= 15 is 0 Å². The van der Waals surface area contributed by atoms with Crippen LogP contribution < -0.4 is 10.6 Å². The standard InChI is InChI=1S/C17H26N2O/c1-20-14-7-4-6-13(12-14)19-11-5-9-16(18)15-8-2-3-10-17(15)19/h2-3,8,10,13-14,16H,4-7,9,11-12,18H2,1H3. The van der Waals surface area contributed by atoms with Gasteiger partial charge < -0.3 is 15.4 Å². The highest BCUT2D eigenvalue weighted by molar-refractivity contribution is 5.56. The van der Waals surface area contributed by atoms with E-state index in [9.17, 15) is 0 Å². The number of nitrogens with zero attached hydrogens (tertiary/aromatic N) is 1. The number of ether oxygens (including phenoxy) is 1. The van der Waals surface area contributed by atoms with E-state index in [1.807, 2.05) is 7.11 Å². The molecular weight excluding hydrogens is 248 g/mol. The van der Waals surface area contributed by atoms with Crippen LogP contribution in [-0.4, -0.2) is 25.8 Å². The maximum Gasteiger partial charge on any atom is 0.0591 e. The molecule has 1 fully saturated rings. The molecule has 0 radical (unpaired) electrons. The monoisotopic (exact) mass is 274 g/mol. The number of methoxy groups -OCH3 is 1. The Balaban J connectivity index is 1.87. The molecule has 0 amide bonds. The SMILES string of the molecule is COC1CCCC(N2CCCC(N)c3ccccc32)C1. The van der Waals surface area contributed by atoms with Crippen molar-refractivity contribution >= 4 is 5.69 Å². The van der Waals surface area contributed by atoms with Crippen LogP contribution in [0.2, 0.25) is 0 Å². The molecule has 3 heteroatoms. The fourth-order valence-electron chi connectivity index (χ4n) is 3.82. The first-order valence-electron chi connectivity index (χ1n) is 7.93. The molecule has 0 saturated heterocycles. The van der Waals surface area contributed by atoms with Crippen LogP contribution >= 0.6 is 0 Å². The summed E-state index contributed by atoms with van der Waals surface area (Å²) in [6.07, 6.45) is 7.62. The van der Waals surface area contributed by atoms with E-state index in [0.717, 1.165) is 19.4 Å². The van der Waals surface area contributed by atoms with Gasteiger partial charge >= 0.3 is 0 Å². The van der Waals surface area contributed by atoms with Crippen molar-refractivity contribution in [2.45, 2.75) is 56.7 Å². The first kappa shape index (κ1) is 13.9. The van der Waals surface area contributed by atoms with Crippen LogP contribution in [0.15, 0.2) is 24.3 Å². The minimum atomic E-state index is 0.193. The first-order valence-corrected chi connectivity index (χ1v) is 7.93. The quantitative estimate of drug-likeness (QED) is 0.899. The predicted molar refractivity (Wildman–Crippen MR) is 83.0 cm³/mol. The van der Waals surface area contributed by atoms with Crippen molar-refractivity contribution in [3.63, 3.8) is 0 Å². The van der Waals surface area contributed by atoms with Crippen LogP contribution in [0.4, 0.5) is 5.69 Å². The minimum absolute atomic E-state index is 0.193. The zero-order valence-electron chi connectivity index (χ0n) is 12.4. The number of anilines is 1. The van der Waals surface area contributed by atoms with E-state index in [4.69, 9.17) is 10.5 Å².